The van der Waals surface area contributed by atoms with Crippen molar-refractivity contribution in [1.82, 2.24) is 4.90 Å². The molecule has 23 heavy (non-hydrogen) atoms. The van der Waals surface area contributed by atoms with Gasteiger partial charge >= 0.3 is 0 Å². The molecule has 1 amide bonds. The fourth-order valence-electron chi connectivity index (χ4n) is 3.15. The van der Waals surface area contributed by atoms with Crippen LogP contribution in [-0.2, 0) is 11.2 Å². The number of nitrogens with zero attached hydrogens (tertiary/aromatic N) is 1. The molecule has 0 aromatic heterocycles. The lowest BCUT2D eigenvalue weighted by Crippen LogP contribution is -2.37. The van der Waals surface area contributed by atoms with Crippen molar-refractivity contribution in [3.05, 3.63) is 71.8 Å². The van der Waals surface area contributed by atoms with E-state index in [1.807, 2.05) is 41.3 Å². The number of carbonyl (C=O) groups excluding carboxylic acids is 1. The number of likely N-dealkylation sites (tertiary alicyclic amines) is 1. The van der Waals surface area contributed by atoms with Crippen LogP contribution in [-0.4, -0.2) is 23.9 Å². The molecule has 1 fully saturated rings. The molecule has 1 heterocycles. The van der Waals surface area contributed by atoms with Gasteiger partial charge in [-0.25, -0.2) is 0 Å². The lowest BCUT2D eigenvalue weighted by Gasteiger charge is -2.21. The molecule has 2 N–H and O–H groups in total. The Balaban J connectivity index is 0.00000192. The molecule has 1 aliphatic heterocycles. The van der Waals surface area contributed by atoms with Crippen LogP contribution in [0.5, 0.6) is 0 Å². The largest absolute Gasteiger partial charge is 0.341 e. The molecule has 0 spiro atoms. The van der Waals surface area contributed by atoms with Gasteiger partial charge in [-0.15, -0.1) is 12.4 Å². The Morgan fingerprint density at radius 3 is 2.35 bits per heavy atom. The first-order chi connectivity index (χ1) is 10.7. The van der Waals surface area contributed by atoms with E-state index in [1.165, 1.54) is 5.56 Å². The Hall–Kier alpha value is -1.84. The summed E-state index contributed by atoms with van der Waals surface area (Å²) in [5.41, 5.74) is 8.35. The number of rotatable bonds is 4. The smallest absolute Gasteiger partial charge is 0.244 e. The normalized spacial score (nSPS) is 18.3. The minimum Gasteiger partial charge on any atom is -0.341 e. The van der Waals surface area contributed by atoms with Crippen LogP contribution in [0.2, 0.25) is 0 Å². The van der Waals surface area contributed by atoms with Gasteiger partial charge in [-0.2, -0.15) is 0 Å². The lowest BCUT2D eigenvalue weighted by molar-refractivity contribution is -0.131. The minimum atomic E-state index is -0.545. The Bertz CT molecular complexity index is 618. The zero-order valence-electron chi connectivity index (χ0n) is 13.1. The maximum Gasteiger partial charge on any atom is 0.244 e. The van der Waals surface area contributed by atoms with Crippen molar-refractivity contribution in [2.45, 2.75) is 18.9 Å². The summed E-state index contributed by atoms with van der Waals surface area (Å²) >= 11 is 0. The van der Waals surface area contributed by atoms with Crippen LogP contribution in [0.1, 0.15) is 23.6 Å². The molecule has 0 radical (unpaired) electrons. The Kier molecular flexibility index (Phi) is 6.20. The second-order valence-electron chi connectivity index (χ2n) is 6.02. The SMILES string of the molecule is Cl.NC(C(=O)N1CCC(Cc2ccccc2)C1)c1ccccc1. The first-order valence-electron chi connectivity index (χ1n) is 7.87. The molecule has 3 nitrogen and oxygen atoms in total. The standard InChI is InChI=1S/C19H22N2O.ClH/c20-18(17-9-5-2-6-10-17)19(22)21-12-11-16(14-21)13-15-7-3-1-4-8-15;/h1-10,16,18H,11-14,20H2;1H. The first kappa shape index (κ1) is 17.5. The van der Waals surface area contributed by atoms with Crippen LogP contribution >= 0.6 is 12.4 Å². The summed E-state index contributed by atoms with van der Waals surface area (Å²) < 4.78 is 0. The molecule has 3 rings (SSSR count). The summed E-state index contributed by atoms with van der Waals surface area (Å²) in [7, 11) is 0. The van der Waals surface area contributed by atoms with Gasteiger partial charge in [-0.3, -0.25) is 4.79 Å². The summed E-state index contributed by atoms with van der Waals surface area (Å²) in [5.74, 6) is 0.580. The highest BCUT2D eigenvalue weighted by Gasteiger charge is 2.29. The summed E-state index contributed by atoms with van der Waals surface area (Å²) in [6.45, 7) is 1.63. The van der Waals surface area contributed by atoms with E-state index in [1.54, 1.807) is 0 Å². The van der Waals surface area contributed by atoms with Crippen LogP contribution in [0.25, 0.3) is 0 Å². The zero-order chi connectivity index (χ0) is 15.4. The van der Waals surface area contributed by atoms with E-state index in [-0.39, 0.29) is 18.3 Å². The number of halogens is 1. The zero-order valence-corrected chi connectivity index (χ0v) is 13.9. The van der Waals surface area contributed by atoms with Crippen molar-refractivity contribution in [2.75, 3.05) is 13.1 Å². The Labute approximate surface area is 143 Å². The van der Waals surface area contributed by atoms with Crippen molar-refractivity contribution >= 4 is 18.3 Å². The fourth-order valence-corrected chi connectivity index (χ4v) is 3.15. The van der Waals surface area contributed by atoms with E-state index in [0.29, 0.717) is 5.92 Å². The molecule has 1 aliphatic rings. The summed E-state index contributed by atoms with van der Waals surface area (Å²) in [5, 5.41) is 0. The molecule has 2 aromatic carbocycles. The van der Waals surface area contributed by atoms with Gasteiger partial charge in [0, 0.05) is 13.1 Å². The fraction of sp³-hybridized carbons (Fsp3) is 0.316. The van der Waals surface area contributed by atoms with Gasteiger partial charge in [-0.05, 0) is 29.9 Å². The van der Waals surface area contributed by atoms with Crippen molar-refractivity contribution in [3.63, 3.8) is 0 Å². The Morgan fingerprint density at radius 2 is 1.70 bits per heavy atom. The monoisotopic (exact) mass is 330 g/mol. The van der Waals surface area contributed by atoms with E-state index >= 15 is 0 Å². The molecule has 0 bridgehead atoms. The topological polar surface area (TPSA) is 46.3 Å². The number of hydrogen-bond acceptors (Lipinski definition) is 2. The quantitative estimate of drug-likeness (QED) is 0.935. The van der Waals surface area contributed by atoms with Gasteiger partial charge in [0.05, 0.1) is 0 Å². The minimum absolute atomic E-state index is 0. The Morgan fingerprint density at radius 1 is 1.09 bits per heavy atom. The maximum atomic E-state index is 12.5. The number of nitrogens with two attached hydrogens (primary N) is 1. The molecule has 2 unspecified atom stereocenters. The predicted molar refractivity (Wildman–Crippen MR) is 95.5 cm³/mol. The second-order valence-corrected chi connectivity index (χ2v) is 6.02. The molecule has 122 valence electrons. The number of carbonyl (C=O) groups is 1. The van der Waals surface area contributed by atoms with Crippen molar-refractivity contribution in [1.29, 1.82) is 0 Å². The van der Waals surface area contributed by atoms with Crippen LogP contribution in [0, 0.1) is 5.92 Å². The van der Waals surface area contributed by atoms with Crippen LogP contribution in [0.4, 0.5) is 0 Å². The first-order valence-corrected chi connectivity index (χ1v) is 7.87. The van der Waals surface area contributed by atoms with Crippen LogP contribution in [0.15, 0.2) is 60.7 Å². The molecule has 4 heteroatoms. The van der Waals surface area contributed by atoms with Gasteiger partial charge in [0.25, 0.3) is 0 Å². The van der Waals surface area contributed by atoms with Gasteiger partial charge in [0.1, 0.15) is 6.04 Å². The molecular weight excluding hydrogens is 308 g/mol. The van der Waals surface area contributed by atoms with E-state index in [2.05, 4.69) is 24.3 Å². The number of benzene rings is 2. The number of amides is 1. The van der Waals surface area contributed by atoms with Gasteiger partial charge in [0.15, 0.2) is 0 Å². The van der Waals surface area contributed by atoms with Gasteiger partial charge in [0.2, 0.25) is 5.91 Å². The molecule has 1 saturated heterocycles. The molecule has 2 aromatic rings. The van der Waals surface area contributed by atoms with E-state index in [4.69, 9.17) is 5.73 Å². The maximum absolute atomic E-state index is 12.5. The highest BCUT2D eigenvalue weighted by Crippen LogP contribution is 2.23. The van der Waals surface area contributed by atoms with Crippen LogP contribution in [0.3, 0.4) is 0 Å². The summed E-state index contributed by atoms with van der Waals surface area (Å²) in [4.78, 5) is 14.5. The third kappa shape index (κ3) is 4.34. The number of hydrogen-bond donors (Lipinski definition) is 1. The van der Waals surface area contributed by atoms with Crippen molar-refractivity contribution in [2.24, 2.45) is 11.7 Å². The average Bonchev–Trinajstić information content (AvgIpc) is 3.04. The van der Waals surface area contributed by atoms with E-state index < -0.39 is 6.04 Å². The highest BCUT2D eigenvalue weighted by atomic mass is 35.5. The molecule has 0 saturated carbocycles. The molecule has 0 aliphatic carbocycles. The summed E-state index contributed by atoms with van der Waals surface area (Å²) in [6, 6.07) is 19.5. The van der Waals surface area contributed by atoms with Crippen molar-refractivity contribution < 1.29 is 4.79 Å². The summed E-state index contributed by atoms with van der Waals surface area (Å²) in [6.07, 6.45) is 2.09. The van der Waals surface area contributed by atoms with Crippen LogP contribution < -0.4 is 5.73 Å². The van der Waals surface area contributed by atoms with E-state index in [9.17, 15) is 4.79 Å². The van der Waals surface area contributed by atoms with Gasteiger partial charge in [-0.1, -0.05) is 60.7 Å². The molecule has 2 atom stereocenters. The average molecular weight is 331 g/mol. The predicted octanol–water partition coefficient (Wildman–Crippen LogP) is 3.20. The van der Waals surface area contributed by atoms with Crippen molar-refractivity contribution in [3.8, 4) is 0 Å². The third-order valence-corrected chi connectivity index (χ3v) is 4.39. The lowest BCUT2D eigenvalue weighted by atomic mass is 9.99. The van der Waals surface area contributed by atoms with Gasteiger partial charge < -0.3 is 10.6 Å². The second kappa shape index (κ2) is 8.14. The third-order valence-electron chi connectivity index (χ3n) is 4.39. The molecular formula is C19H23ClN2O. The highest BCUT2D eigenvalue weighted by molar-refractivity contribution is 5.85. The van der Waals surface area contributed by atoms with E-state index in [0.717, 1.165) is 31.5 Å².